The monoisotopic (exact) mass is 228 g/mol. The van der Waals surface area contributed by atoms with E-state index < -0.39 is 0 Å². The molecule has 0 aliphatic carbocycles. The quantitative estimate of drug-likeness (QED) is 0.833. The van der Waals surface area contributed by atoms with Crippen LogP contribution in [0.2, 0.25) is 0 Å². The SMILES string of the molecule is Cc1ncsc1CNCC1COCCO1. The zero-order chi connectivity index (χ0) is 10.5. The lowest BCUT2D eigenvalue weighted by atomic mass is 10.3. The largest absolute Gasteiger partial charge is 0.376 e. The van der Waals surface area contributed by atoms with Crippen LogP contribution in [-0.2, 0) is 16.0 Å². The predicted molar refractivity (Wildman–Crippen MR) is 59.1 cm³/mol. The van der Waals surface area contributed by atoms with Crippen LogP contribution in [0.4, 0.5) is 0 Å². The molecule has 1 unspecified atom stereocenters. The molecular weight excluding hydrogens is 212 g/mol. The van der Waals surface area contributed by atoms with Gasteiger partial charge in [-0.25, -0.2) is 4.98 Å². The van der Waals surface area contributed by atoms with E-state index in [0.717, 1.165) is 25.4 Å². The first-order chi connectivity index (χ1) is 7.36. The van der Waals surface area contributed by atoms with Gasteiger partial charge in [0.1, 0.15) is 0 Å². The number of ether oxygens (including phenoxy) is 2. The highest BCUT2D eigenvalue weighted by atomic mass is 32.1. The van der Waals surface area contributed by atoms with Gasteiger partial charge in [0.15, 0.2) is 0 Å². The molecule has 5 heteroatoms. The molecule has 0 saturated carbocycles. The number of nitrogens with one attached hydrogen (secondary N) is 1. The molecule has 1 N–H and O–H groups in total. The normalized spacial score (nSPS) is 21.8. The molecule has 15 heavy (non-hydrogen) atoms. The summed E-state index contributed by atoms with van der Waals surface area (Å²) in [5.74, 6) is 0. The first-order valence-electron chi connectivity index (χ1n) is 5.15. The molecule has 2 rings (SSSR count). The topological polar surface area (TPSA) is 43.4 Å². The van der Waals surface area contributed by atoms with Crippen molar-refractivity contribution in [2.24, 2.45) is 0 Å². The minimum absolute atomic E-state index is 0.201. The van der Waals surface area contributed by atoms with Crippen LogP contribution in [-0.4, -0.2) is 37.5 Å². The lowest BCUT2D eigenvalue weighted by molar-refractivity contribution is -0.0864. The second kappa shape index (κ2) is 5.55. The van der Waals surface area contributed by atoms with E-state index in [1.54, 1.807) is 11.3 Å². The molecule has 4 nitrogen and oxygen atoms in total. The summed E-state index contributed by atoms with van der Waals surface area (Å²) in [6.07, 6.45) is 0.201. The second-order valence-electron chi connectivity index (χ2n) is 3.56. The molecule has 0 spiro atoms. The van der Waals surface area contributed by atoms with Crippen molar-refractivity contribution in [1.29, 1.82) is 0 Å². The summed E-state index contributed by atoms with van der Waals surface area (Å²) in [7, 11) is 0. The summed E-state index contributed by atoms with van der Waals surface area (Å²) in [5, 5.41) is 3.36. The number of thiazole rings is 1. The number of hydrogen-bond acceptors (Lipinski definition) is 5. The Morgan fingerprint density at radius 2 is 2.53 bits per heavy atom. The third kappa shape index (κ3) is 3.24. The second-order valence-corrected chi connectivity index (χ2v) is 4.50. The Balaban J connectivity index is 1.68. The van der Waals surface area contributed by atoms with Crippen LogP contribution in [0.5, 0.6) is 0 Å². The van der Waals surface area contributed by atoms with Gasteiger partial charge >= 0.3 is 0 Å². The third-order valence-electron chi connectivity index (χ3n) is 2.39. The van der Waals surface area contributed by atoms with E-state index in [0.29, 0.717) is 13.2 Å². The zero-order valence-corrected chi connectivity index (χ0v) is 9.68. The highest BCUT2D eigenvalue weighted by Crippen LogP contribution is 2.11. The van der Waals surface area contributed by atoms with E-state index in [1.165, 1.54) is 4.88 Å². The van der Waals surface area contributed by atoms with Gasteiger partial charge in [0.2, 0.25) is 0 Å². The summed E-state index contributed by atoms with van der Waals surface area (Å²) >= 11 is 1.69. The van der Waals surface area contributed by atoms with Crippen LogP contribution < -0.4 is 5.32 Å². The molecule has 84 valence electrons. The summed E-state index contributed by atoms with van der Waals surface area (Å²) in [6, 6.07) is 0. The van der Waals surface area contributed by atoms with Crippen molar-refractivity contribution in [3.63, 3.8) is 0 Å². The molecular formula is C10H16N2O2S. The minimum Gasteiger partial charge on any atom is -0.376 e. The Bertz CT molecular complexity index is 297. The number of aromatic nitrogens is 1. The Morgan fingerprint density at radius 1 is 1.60 bits per heavy atom. The van der Waals surface area contributed by atoms with E-state index in [4.69, 9.17) is 9.47 Å². The van der Waals surface area contributed by atoms with Gasteiger partial charge in [-0.3, -0.25) is 0 Å². The van der Waals surface area contributed by atoms with Crippen molar-refractivity contribution in [2.45, 2.75) is 19.6 Å². The maximum Gasteiger partial charge on any atom is 0.0933 e. The smallest absolute Gasteiger partial charge is 0.0933 e. The van der Waals surface area contributed by atoms with Gasteiger partial charge < -0.3 is 14.8 Å². The standard InChI is InChI=1S/C10H16N2O2S/c1-8-10(15-7-12-8)5-11-4-9-6-13-2-3-14-9/h7,9,11H,2-6H2,1H3. The first-order valence-corrected chi connectivity index (χ1v) is 6.03. The average molecular weight is 228 g/mol. The van der Waals surface area contributed by atoms with Crippen LogP contribution in [0, 0.1) is 6.92 Å². The summed E-state index contributed by atoms with van der Waals surface area (Å²) in [5.41, 5.74) is 3.00. The molecule has 1 saturated heterocycles. The number of aryl methyl sites for hydroxylation is 1. The Labute approximate surface area is 93.6 Å². The van der Waals surface area contributed by atoms with Gasteiger partial charge in [-0.1, -0.05) is 0 Å². The maximum atomic E-state index is 5.53. The van der Waals surface area contributed by atoms with Gasteiger partial charge in [0.05, 0.1) is 37.1 Å². The number of hydrogen-bond donors (Lipinski definition) is 1. The molecule has 1 aliphatic rings. The molecule has 1 aromatic rings. The van der Waals surface area contributed by atoms with Gasteiger partial charge in [-0.15, -0.1) is 11.3 Å². The van der Waals surface area contributed by atoms with Crippen LogP contribution in [0.15, 0.2) is 5.51 Å². The molecule has 1 fully saturated rings. The molecule has 1 aromatic heterocycles. The number of rotatable bonds is 4. The van der Waals surface area contributed by atoms with Crippen molar-refractivity contribution in [1.82, 2.24) is 10.3 Å². The summed E-state index contributed by atoms with van der Waals surface area (Å²) < 4.78 is 10.8. The van der Waals surface area contributed by atoms with E-state index in [2.05, 4.69) is 10.3 Å². The fourth-order valence-electron chi connectivity index (χ4n) is 1.50. The molecule has 0 bridgehead atoms. The summed E-state index contributed by atoms with van der Waals surface area (Å²) in [6.45, 7) is 5.90. The fraction of sp³-hybridized carbons (Fsp3) is 0.700. The fourth-order valence-corrected chi connectivity index (χ4v) is 2.24. The van der Waals surface area contributed by atoms with E-state index in [9.17, 15) is 0 Å². The predicted octanol–water partition coefficient (Wildman–Crippen LogP) is 0.957. The average Bonchev–Trinajstić information content (AvgIpc) is 2.66. The van der Waals surface area contributed by atoms with Gasteiger partial charge in [-0.05, 0) is 6.92 Å². The van der Waals surface area contributed by atoms with Gasteiger partial charge in [-0.2, -0.15) is 0 Å². The molecule has 0 amide bonds. The minimum atomic E-state index is 0.201. The summed E-state index contributed by atoms with van der Waals surface area (Å²) in [4.78, 5) is 5.50. The van der Waals surface area contributed by atoms with Crippen LogP contribution in [0.3, 0.4) is 0 Å². The van der Waals surface area contributed by atoms with Crippen molar-refractivity contribution in [2.75, 3.05) is 26.4 Å². The van der Waals surface area contributed by atoms with E-state index in [1.807, 2.05) is 12.4 Å². The van der Waals surface area contributed by atoms with E-state index in [-0.39, 0.29) is 6.10 Å². The molecule has 1 atom stereocenters. The van der Waals surface area contributed by atoms with Crippen molar-refractivity contribution in [3.05, 3.63) is 16.1 Å². The van der Waals surface area contributed by atoms with Crippen LogP contribution in [0.1, 0.15) is 10.6 Å². The zero-order valence-electron chi connectivity index (χ0n) is 8.86. The van der Waals surface area contributed by atoms with Gasteiger partial charge in [0.25, 0.3) is 0 Å². The van der Waals surface area contributed by atoms with E-state index >= 15 is 0 Å². The lowest BCUT2D eigenvalue weighted by Crippen LogP contribution is -2.37. The molecule has 0 aromatic carbocycles. The maximum absolute atomic E-state index is 5.53. The van der Waals surface area contributed by atoms with Crippen molar-refractivity contribution < 1.29 is 9.47 Å². The van der Waals surface area contributed by atoms with Crippen molar-refractivity contribution >= 4 is 11.3 Å². The molecule has 1 aliphatic heterocycles. The molecule has 2 heterocycles. The van der Waals surface area contributed by atoms with Crippen LogP contribution in [0.25, 0.3) is 0 Å². The molecule has 0 radical (unpaired) electrons. The first kappa shape index (κ1) is 11.0. The Morgan fingerprint density at radius 3 is 3.20 bits per heavy atom. The van der Waals surface area contributed by atoms with Gasteiger partial charge in [0, 0.05) is 18.0 Å². The highest BCUT2D eigenvalue weighted by molar-refractivity contribution is 7.09. The lowest BCUT2D eigenvalue weighted by Gasteiger charge is -2.23. The Kier molecular flexibility index (Phi) is 4.08. The third-order valence-corrected chi connectivity index (χ3v) is 3.32. The highest BCUT2D eigenvalue weighted by Gasteiger charge is 2.13. The number of nitrogens with zero attached hydrogens (tertiary/aromatic N) is 1. The Hall–Kier alpha value is -0.490. The van der Waals surface area contributed by atoms with Crippen molar-refractivity contribution in [3.8, 4) is 0 Å². The van der Waals surface area contributed by atoms with Crippen LogP contribution >= 0.6 is 11.3 Å².